The Morgan fingerprint density at radius 2 is 1.11 bits per heavy atom. The number of likely N-dealkylation sites (N-methyl/N-ethyl adjacent to an activating group) is 1. The summed E-state index contributed by atoms with van der Waals surface area (Å²) < 4.78 is 110. The molecule has 0 atom stereocenters. The molecule has 0 bridgehead atoms. The highest BCUT2D eigenvalue weighted by atomic mass is 32.3. The second-order valence-electron chi connectivity index (χ2n) is 6.14. The first-order valence-electron chi connectivity index (χ1n) is 8.20. The van der Waals surface area contributed by atoms with Crippen LogP contribution in [0.1, 0.15) is 39.5 Å². The van der Waals surface area contributed by atoms with E-state index in [2.05, 4.69) is 20.9 Å². The van der Waals surface area contributed by atoms with E-state index < -0.39 is 31.1 Å². The van der Waals surface area contributed by atoms with Gasteiger partial charge in [0.05, 0.1) is 26.7 Å². The first kappa shape index (κ1) is 29.6. The molecule has 0 saturated heterocycles. The van der Waals surface area contributed by atoms with Gasteiger partial charge < -0.3 is 13.7 Å². The Bertz CT molecular complexity index is 597. The summed E-state index contributed by atoms with van der Waals surface area (Å²) >= 11 is 0. The van der Waals surface area contributed by atoms with Crippen molar-refractivity contribution in [3.05, 3.63) is 4.13 Å². The zero-order chi connectivity index (χ0) is 22.9. The number of hydrogen-bond donors (Lipinski definition) is 1. The average molecular weight is 468 g/mol. The number of hydrogen-bond acceptors (Lipinski definition) is 5. The summed E-state index contributed by atoms with van der Waals surface area (Å²) in [6.07, 6.45) is 5.07. The van der Waals surface area contributed by atoms with Crippen LogP contribution in [0.15, 0.2) is 0 Å². The fraction of sp³-hybridized carbons (Fsp3) is 1.00. The van der Waals surface area contributed by atoms with Crippen molar-refractivity contribution in [1.29, 1.82) is 0 Å². The molecule has 0 rings (SSSR count). The molecule has 172 valence electrons. The third-order valence-electron chi connectivity index (χ3n) is 3.52. The van der Waals surface area contributed by atoms with Crippen molar-refractivity contribution < 1.29 is 52.8 Å². The van der Waals surface area contributed by atoms with E-state index in [1.165, 1.54) is 38.8 Å². The van der Waals surface area contributed by atoms with Crippen molar-refractivity contribution >= 4 is 20.0 Å². The molecule has 0 aliphatic carbocycles. The van der Waals surface area contributed by atoms with Crippen molar-refractivity contribution in [2.45, 2.75) is 50.5 Å². The van der Waals surface area contributed by atoms with Crippen LogP contribution in [0.25, 0.3) is 4.13 Å². The maximum absolute atomic E-state index is 11.4. The predicted octanol–water partition coefficient (Wildman–Crippen LogP) is 3.08. The minimum absolute atomic E-state index is 0.323. The van der Waals surface area contributed by atoms with Crippen molar-refractivity contribution in [1.82, 2.24) is 0 Å². The Hall–Kier alpha value is -0.640. The van der Waals surface area contributed by atoms with E-state index >= 15 is 0 Å². The Kier molecular flexibility index (Phi) is 12.2. The van der Waals surface area contributed by atoms with Gasteiger partial charge >= 0.3 is 11.0 Å². The molecule has 7 nitrogen and oxygen atoms in total. The normalized spacial score (nSPS) is 13.8. The molecular formula is C13H26F6N2O5S2. The summed E-state index contributed by atoms with van der Waals surface area (Å²) in [5, 5.41) is 8.98. The van der Waals surface area contributed by atoms with Gasteiger partial charge in [0.1, 0.15) is 6.54 Å². The number of alkyl halides is 6. The molecular weight excluding hydrogens is 442 g/mol. The molecule has 0 amide bonds. The van der Waals surface area contributed by atoms with Crippen LogP contribution >= 0.6 is 0 Å². The molecule has 1 N–H and O–H groups in total. The van der Waals surface area contributed by atoms with Crippen LogP contribution in [0.2, 0.25) is 0 Å². The Morgan fingerprint density at radius 1 is 0.786 bits per heavy atom. The average Bonchev–Trinajstić information content (AvgIpc) is 2.49. The lowest BCUT2D eigenvalue weighted by Gasteiger charge is -2.34. The first-order chi connectivity index (χ1) is 12.4. The largest absolute Gasteiger partial charge is 0.480 e. The molecule has 28 heavy (non-hydrogen) atoms. The second-order valence-corrected chi connectivity index (χ2v) is 9.56. The summed E-state index contributed by atoms with van der Waals surface area (Å²) in [6.45, 7) is 8.13. The second kappa shape index (κ2) is 11.5. The number of aliphatic hydroxyl groups excluding tert-OH is 1. The van der Waals surface area contributed by atoms with Crippen LogP contribution in [0.5, 0.6) is 0 Å². The molecule has 0 aromatic heterocycles. The number of aliphatic hydroxyl groups is 1. The molecule has 0 radical (unpaired) electrons. The summed E-state index contributed by atoms with van der Waals surface area (Å²) in [7, 11) is -11.2. The molecule has 0 heterocycles. The van der Waals surface area contributed by atoms with Crippen LogP contribution in [-0.2, 0) is 20.0 Å². The van der Waals surface area contributed by atoms with Crippen molar-refractivity contribution in [2.24, 2.45) is 0 Å². The number of sulfonamides is 2. The third-order valence-corrected chi connectivity index (χ3v) is 6.26. The molecule has 0 aliphatic heterocycles. The van der Waals surface area contributed by atoms with E-state index in [0.29, 0.717) is 6.61 Å². The van der Waals surface area contributed by atoms with E-state index in [1.807, 2.05) is 0 Å². The number of nitrogens with zero attached hydrogens (tertiary/aromatic N) is 2. The van der Waals surface area contributed by atoms with E-state index in [9.17, 15) is 43.2 Å². The molecule has 0 aromatic carbocycles. The number of quaternary nitrogens is 1. The number of unbranched alkanes of at least 4 members (excludes halogenated alkanes) is 2. The van der Waals surface area contributed by atoms with Gasteiger partial charge in [-0.15, -0.1) is 0 Å². The monoisotopic (exact) mass is 468 g/mol. The van der Waals surface area contributed by atoms with Gasteiger partial charge in [0.15, 0.2) is 20.0 Å². The lowest BCUT2D eigenvalue weighted by molar-refractivity contribution is -0.910. The molecule has 0 aliphatic rings. The zero-order valence-electron chi connectivity index (χ0n) is 15.7. The standard InChI is InChI=1S/C11H26NO.C2F6NO4S2/c1-4-6-8-12(3,10-11-13)9-7-5-2;3-1(4,5)14(10,11)9-15(12,13)2(6,7)8/h13H,4-11H2,1-3H3;/q+1;-1. The lowest BCUT2D eigenvalue weighted by Crippen LogP contribution is -2.47. The molecule has 0 unspecified atom stereocenters. The summed E-state index contributed by atoms with van der Waals surface area (Å²) in [6, 6.07) is 0. The summed E-state index contributed by atoms with van der Waals surface area (Å²) in [5.74, 6) is 0. The van der Waals surface area contributed by atoms with Crippen LogP contribution in [0, 0.1) is 0 Å². The van der Waals surface area contributed by atoms with E-state index in [0.717, 1.165) is 15.2 Å². The van der Waals surface area contributed by atoms with E-state index in [-0.39, 0.29) is 0 Å². The quantitative estimate of drug-likeness (QED) is 0.392. The summed E-state index contributed by atoms with van der Waals surface area (Å²) in [4.78, 5) is 0. The Labute approximate surface area is 161 Å². The minimum Gasteiger partial charge on any atom is -0.421 e. The van der Waals surface area contributed by atoms with Crippen molar-refractivity contribution in [3.8, 4) is 0 Å². The fourth-order valence-electron chi connectivity index (χ4n) is 1.87. The SMILES string of the molecule is CCCC[N+](C)(CCO)CCCC.O=S(=O)([N-]S(=O)(=O)C(F)(F)F)C(F)(F)F. The topological polar surface area (TPSA) is 103 Å². The molecule has 0 spiro atoms. The van der Waals surface area contributed by atoms with Gasteiger partial charge in [-0.3, -0.25) is 0 Å². The van der Waals surface area contributed by atoms with Gasteiger partial charge in [-0.1, -0.05) is 26.7 Å². The predicted molar refractivity (Wildman–Crippen MR) is 91.0 cm³/mol. The van der Waals surface area contributed by atoms with Gasteiger partial charge in [-0.05, 0) is 12.8 Å². The highest BCUT2D eigenvalue weighted by Gasteiger charge is 2.46. The van der Waals surface area contributed by atoms with Crippen LogP contribution in [0.3, 0.4) is 0 Å². The Morgan fingerprint density at radius 3 is 1.32 bits per heavy atom. The molecule has 0 fully saturated rings. The Balaban J connectivity index is 0. The van der Waals surface area contributed by atoms with Crippen LogP contribution in [-0.4, -0.2) is 70.7 Å². The minimum atomic E-state index is -6.72. The third kappa shape index (κ3) is 10.8. The fourth-order valence-corrected chi connectivity index (χ4v) is 3.58. The highest BCUT2D eigenvalue weighted by Crippen LogP contribution is 2.36. The first-order valence-corrected chi connectivity index (χ1v) is 11.1. The van der Waals surface area contributed by atoms with Gasteiger partial charge in [0.2, 0.25) is 0 Å². The van der Waals surface area contributed by atoms with E-state index in [1.54, 1.807) is 0 Å². The summed E-state index contributed by atoms with van der Waals surface area (Å²) in [5.41, 5.74) is -12.4. The van der Waals surface area contributed by atoms with Crippen molar-refractivity contribution in [3.63, 3.8) is 0 Å². The maximum Gasteiger partial charge on any atom is 0.480 e. The maximum atomic E-state index is 11.4. The van der Waals surface area contributed by atoms with Crippen LogP contribution in [0.4, 0.5) is 26.3 Å². The van der Waals surface area contributed by atoms with Crippen LogP contribution < -0.4 is 0 Å². The lowest BCUT2D eigenvalue weighted by atomic mass is 10.2. The van der Waals surface area contributed by atoms with Gasteiger partial charge in [0.25, 0.3) is 0 Å². The smallest absolute Gasteiger partial charge is 0.421 e. The highest BCUT2D eigenvalue weighted by molar-refractivity contribution is 8.13. The molecule has 0 saturated carbocycles. The van der Waals surface area contributed by atoms with Gasteiger partial charge in [-0.2, -0.15) is 26.3 Å². The molecule has 15 heteroatoms. The number of halogens is 6. The number of rotatable bonds is 10. The van der Waals surface area contributed by atoms with Gasteiger partial charge in [-0.25, -0.2) is 16.8 Å². The van der Waals surface area contributed by atoms with Gasteiger partial charge in [0, 0.05) is 0 Å². The van der Waals surface area contributed by atoms with E-state index in [4.69, 9.17) is 5.11 Å². The zero-order valence-corrected chi connectivity index (χ0v) is 17.3. The van der Waals surface area contributed by atoms with Crippen molar-refractivity contribution in [2.75, 3.05) is 33.3 Å². The molecule has 0 aromatic rings.